The Hall–Kier alpha value is -0.230. The summed E-state index contributed by atoms with van der Waals surface area (Å²) in [6.07, 6.45) is 0. The molecule has 1 heterocycles. The van der Waals surface area contributed by atoms with E-state index in [1.807, 2.05) is 51.6 Å². The van der Waals surface area contributed by atoms with Crippen LogP contribution in [0.5, 0.6) is 0 Å². The molecular formula is C13H8IN2NaO3S2. The van der Waals surface area contributed by atoms with Gasteiger partial charge in [-0.05, 0) is 52.9 Å². The third kappa shape index (κ3) is 4.19. The van der Waals surface area contributed by atoms with Gasteiger partial charge in [-0.3, -0.25) is 4.72 Å². The van der Waals surface area contributed by atoms with Crippen LogP contribution in [0.3, 0.4) is 0 Å². The van der Waals surface area contributed by atoms with Gasteiger partial charge in [0.25, 0.3) is 0 Å². The van der Waals surface area contributed by atoms with Gasteiger partial charge in [0, 0.05) is 9.13 Å². The zero-order valence-corrected chi connectivity index (χ0v) is 17.2. The van der Waals surface area contributed by atoms with Crippen LogP contribution in [-0.4, -0.2) is 18.0 Å². The van der Waals surface area contributed by atoms with E-state index < -0.39 is 10.3 Å². The van der Waals surface area contributed by atoms with Gasteiger partial charge in [0.15, 0.2) is 10.3 Å². The van der Waals surface area contributed by atoms with Crippen molar-refractivity contribution in [3.05, 3.63) is 46.0 Å². The molecule has 1 N–H and O–H groups in total. The zero-order valence-electron chi connectivity index (χ0n) is 11.4. The summed E-state index contributed by atoms with van der Waals surface area (Å²) in [5.41, 5.74) is 2.08. The maximum absolute atomic E-state index is 10.7. The van der Waals surface area contributed by atoms with Crippen molar-refractivity contribution in [2.75, 3.05) is 4.72 Å². The van der Waals surface area contributed by atoms with E-state index in [2.05, 4.69) is 4.98 Å². The smallest absolute Gasteiger partial charge is 0.731 e. The molecular weight excluding hydrogens is 446 g/mol. The Morgan fingerprint density at radius 3 is 2.55 bits per heavy atom. The maximum Gasteiger partial charge on any atom is 1.00 e. The fourth-order valence-corrected chi connectivity index (χ4v) is 4.10. The molecule has 22 heavy (non-hydrogen) atoms. The zero-order chi connectivity index (χ0) is 15.0. The van der Waals surface area contributed by atoms with E-state index in [1.165, 1.54) is 0 Å². The molecule has 0 aliphatic heterocycles. The Morgan fingerprint density at radius 2 is 1.91 bits per heavy atom. The Bertz CT molecular complexity index is 895. The van der Waals surface area contributed by atoms with Crippen LogP contribution < -0.4 is 34.3 Å². The molecule has 0 unspecified atom stereocenters. The van der Waals surface area contributed by atoms with Gasteiger partial charge in [0.1, 0.15) is 5.01 Å². The van der Waals surface area contributed by atoms with E-state index in [0.29, 0.717) is 3.57 Å². The van der Waals surface area contributed by atoms with Crippen LogP contribution in [0.4, 0.5) is 5.69 Å². The number of halogens is 1. The topological polar surface area (TPSA) is 82.1 Å². The summed E-state index contributed by atoms with van der Waals surface area (Å²) in [5, 5.41) is 0.852. The average Bonchev–Trinajstić information content (AvgIpc) is 2.83. The van der Waals surface area contributed by atoms with Crippen molar-refractivity contribution in [2.45, 2.75) is 0 Å². The third-order valence-corrected chi connectivity index (χ3v) is 5.19. The third-order valence-electron chi connectivity index (χ3n) is 2.74. The van der Waals surface area contributed by atoms with Crippen LogP contribution in [0.25, 0.3) is 20.8 Å². The number of hydrogen-bond donors (Lipinski definition) is 1. The fourth-order valence-electron chi connectivity index (χ4n) is 1.86. The number of para-hydroxylation sites is 1. The van der Waals surface area contributed by atoms with E-state index in [9.17, 15) is 13.0 Å². The number of anilines is 1. The summed E-state index contributed by atoms with van der Waals surface area (Å²) < 4.78 is 35.9. The Labute approximate surface area is 167 Å². The summed E-state index contributed by atoms with van der Waals surface area (Å²) >= 11 is 3.55. The van der Waals surface area contributed by atoms with Gasteiger partial charge in [-0.2, -0.15) is 0 Å². The largest absolute Gasteiger partial charge is 1.00 e. The van der Waals surface area contributed by atoms with Gasteiger partial charge >= 0.3 is 29.6 Å². The molecule has 2 aromatic carbocycles. The molecule has 0 saturated carbocycles. The minimum absolute atomic E-state index is 0. The first kappa shape index (κ1) is 18.1. The number of aromatic nitrogens is 1. The SMILES string of the molecule is O=S(=O)([O-])Nc1ccc(-c2nc3ccccc3s2)cc1I.[Na+]. The number of nitrogens with zero attached hydrogens (tertiary/aromatic N) is 1. The molecule has 0 aliphatic carbocycles. The van der Waals surface area contributed by atoms with Gasteiger partial charge in [0.05, 0.1) is 15.9 Å². The van der Waals surface area contributed by atoms with E-state index >= 15 is 0 Å². The predicted molar refractivity (Wildman–Crippen MR) is 91.1 cm³/mol. The first-order chi connectivity index (χ1) is 9.92. The minimum Gasteiger partial charge on any atom is -0.731 e. The van der Waals surface area contributed by atoms with Crippen molar-refractivity contribution >= 4 is 60.1 Å². The average molecular weight is 454 g/mol. The molecule has 0 atom stereocenters. The van der Waals surface area contributed by atoms with Crippen LogP contribution in [0.1, 0.15) is 0 Å². The molecule has 3 rings (SSSR count). The normalized spacial score (nSPS) is 11.2. The van der Waals surface area contributed by atoms with Crippen molar-refractivity contribution in [2.24, 2.45) is 0 Å². The van der Waals surface area contributed by atoms with Gasteiger partial charge < -0.3 is 4.55 Å². The molecule has 108 valence electrons. The number of thiazole rings is 1. The quantitative estimate of drug-likeness (QED) is 0.354. The first-order valence-electron chi connectivity index (χ1n) is 5.81. The first-order valence-corrected chi connectivity index (χ1v) is 9.12. The molecule has 0 fully saturated rings. The van der Waals surface area contributed by atoms with Crippen LogP contribution in [-0.2, 0) is 10.3 Å². The second-order valence-electron chi connectivity index (χ2n) is 4.24. The van der Waals surface area contributed by atoms with Gasteiger partial charge in [-0.25, -0.2) is 13.4 Å². The van der Waals surface area contributed by atoms with E-state index in [4.69, 9.17) is 0 Å². The summed E-state index contributed by atoms with van der Waals surface area (Å²) in [7, 11) is -4.52. The summed E-state index contributed by atoms with van der Waals surface area (Å²) in [6, 6.07) is 12.9. The van der Waals surface area contributed by atoms with Gasteiger partial charge in [-0.1, -0.05) is 12.1 Å². The van der Waals surface area contributed by atoms with Gasteiger partial charge in [0.2, 0.25) is 0 Å². The second kappa shape index (κ2) is 7.12. The van der Waals surface area contributed by atoms with Crippen LogP contribution in [0.2, 0.25) is 0 Å². The molecule has 0 amide bonds. The minimum atomic E-state index is -4.52. The number of fused-ring (bicyclic) bond motifs is 1. The molecule has 0 aliphatic rings. The number of hydrogen-bond acceptors (Lipinski definition) is 5. The Balaban J connectivity index is 0.00000176. The molecule has 9 heteroatoms. The molecule has 3 aromatic rings. The van der Waals surface area contributed by atoms with E-state index in [-0.39, 0.29) is 35.2 Å². The number of nitrogens with one attached hydrogen (secondary N) is 1. The molecule has 0 radical (unpaired) electrons. The van der Waals surface area contributed by atoms with E-state index in [0.717, 1.165) is 20.8 Å². The fraction of sp³-hybridized carbons (Fsp3) is 0. The summed E-state index contributed by atoms with van der Waals surface area (Å²) in [4.78, 5) is 4.54. The predicted octanol–water partition coefficient (Wildman–Crippen LogP) is 0.444. The maximum atomic E-state index is 10.7. The van der Waals surface area contributed by atoms with Gasteiger partial charge in [-0.15, -0.1) is 11.3 Å². The Kier molecular flexibility index (Phi) is 5.86. The monoisotopic (exact) mass is 454 g/mol. The number of rotatable bonds is 3. The summed E-state index contributed by atoms with van der Waals surface area (Å²) in [5.74, 6) is 0. The molecule has 0 spiro atoms. The second-order valence-corrected chi connectivity index (χ2v) is 7.54. The molecule has 0 saturated heterocycles. The standard InChI is InChI=1S/C13H9IN2O3S2.Na/c14-9-7-8(5-6-10(9)16-21(17,18)19)13-15-11-3-1-2-4-12(11)20-13;/h1-7,16H,(H,17,18,19);/q;+1/p-1. The van der Waals surface area contributed by atoms with Crippen molar-refractivity contribution in [1.29, 1.82) is 0 Å². The van der Waals surface area contributed by atoms with Crippen molar-refractivity contribution in [3.8, 4) is 10.6 Å². The molecule has 5 nitrogen and oxygen atoms in total. The van der Waals surface area contributed by atoms with Crippen LogP contribution in [0.15, 0.2) is 42.5 Å². The van der Waals surface area contributed by atoms with Crippen LogP contribution in [0, 0.1) is 3.57 Å². The van der Waals surface area contributed by atoms with Crippen molar-refractivity contribution in [3.63, 3.8) is 0 Å². The van der Waals surface area contributed by atoms with E-state index in [1.54, 1.807) is 29.5 Å². The van der Waals surface area contributed by atoms with Crippen molar-refractivity contribution in [1.82, 2.24) is 4.98 Å². The van der Waals surface area contributed by atoms with Crippen molar-refractivity contribution < 1.29 is 42.5 Å². The molecule has 0 bridgehead atoms. The van der Waals surface area contributed by atoms with Crippen LogP contribution >= 0.6 is 33.9 Å². The number of benzene rings is 2. The molecule has 1 aromatic heterocycles. The summed E-state index contributed by atoms with van der Waals surface area (Å²) in [6.45, 7) is 0. The Morgan fingerprint density at radius 1 is 1.18 bits per heavy atom.